The van der Waals surface area contributed by atoms with E-state index >= 15 is 0 Å². The van der Waals surface area contributed by atoms with E-state index in [9.17, 15) is 13.2 Å². The summed E-state index contributed by atoms with van der Waals surface area (Å²) >= 11 is 3.36. The lowest BCUT2D eigenvalue weighted by atomic mass is 9.83. The molecule has 2 rings (SSSR count). The fourth-order valence-corrected chi connectivity index (χ4v) is 4.81. The maximum Gasteiger partial charge on any atom is 0.303 e. The molecule has 2 unspecified atom stereocenters. The summed E-state index contributed by atoms with van der Waals surface area (Å²) in [4.78, 5) is 10.5. The van der Waals surface area contributed by atoms with E-state index in [0.29, 0.717) is 6.42 Å². The van der Waals surface area contributed by atoms with E-state index in [0.717, 1.165) is 48.6 Å². The molecule has 1 fully saturated rings. The quantitative estimate of drug-likeness (QED) is 0.368. The molecule has 1 aromatic rings. The second kappa shape index (κ2) is 11.5. The van der Waals surface area contributed by atoms with Crippen LogP contribution < -0.4 is 4.72 Å². The molecule has 1 aliphatic carbocycles. The topological polar surface area (TPSA) is 83.5 Å². The molecule has 1 saturated carbocycles. The Morgan fingerprint density at radius 3 is 2.61 bits per heavy atom. The van der Waals surface area contributed by atoms with Crippen LogP contribution in [0.15, 0.2) is 46.3 Å². The lowest BCUT2D eigenvalue weighted by Gasteiger charge is -2.31. The van der Waals surface area contributed by atoms with Crippen molar-refractivity contribution in [1.82, 2.24) is 4.72 Å². The average Bonchev–Trinajstić information content (AvgIpc) is 2.65. The maximum absolute atomic E-state index is 12.5. The van der Waals surface area contributed by atoms with Gasteiger partial charge in [0.05, 0.1) is 0 Å². The van der Waals surface area contributed by atoms with Crippen molar-refractivity contribution >= 4 is 38.0 Å². The Kier molecular flexibility index (Phi) is 9.41. The summed E-state index contributed by atoms with van der Waals surface area (Å²) in [6.45, 7) is 0. The normalized spacial score (nSPS) is 20.8. The standard InChI is InChI=1S/C21H28BrNO4S/c22-19-13-11-17(12-14-19)15-16-28(26,27)23-20-9-6-5-8-18(20)7-3-1-2-4-10-21(24)25/h1,3,11-16,18,20,23H,2,4-10H2,(H,24,25)/b3-1+,16-15+. The number of nitrogens with one attached hydrogen (secondary N) is 1. The number of aliphatic carboxylic acids is 1. The van der Waals surface area contributed by atoms with Crippen molar-refractivity contribution in [2.75, 3.05) is 0 Å². The van der Waals surface area contributed by atoms with Gasteiger partial charge >= 0.3 is 5.97 Å². The van der Waals surface area contributed by atoms with Gasteiger partial charge in [-0.1, -0.05) is 53.1 Å². The van der Waals surface area contributed by atoms with E-state index in [1.165, 1.54) is 5.41 Å². The molecule has 0 heterocycles. The lowest BCUT2D eigenvalue weighted by molar-refractivity contribution is -0.137. The molecule has 0 amide bonds. The summed E-state index contributed by atoms with van der Waals surface area (Å²) in [5.41, 5.74) is 0.832. The zero-order valence-electron chi connectivity index (χ0n) is 15.9. The smallest absolute Gasteiger partial charge is 0.303 e. The predicted octanol–water partition coefficient (Wildman–Crippen LogP) is 5.10. The number of unbranched alkanes of at least 4 members (excludes halogenated alkanes) is 1. The van der Waals surface area contributed by atoms with Crippen molar-refractivity contribution in [1.29, 1.82) is 0 Å². The van der Waals surface area contributed by atoms with E-state index in [1.807, 2.05) is 30.3 Å². The van der Waals surface area contributed by atoms with E-state index in [4.69, 9.17) is 5.11 Å². The zero-order valence-corrected chi connectivity index (χ0v) is 18.3. The van der Waals surface area contributed by atoms with Crippen LogP contribution in [0.1, 0.15) is 56.9 Å². The van der Waals surface area contributed by atoms with Crippen molar-refractivity contribution in [3.8, 4) is 0 Å². The van der Waals surface area contributed by atoms with Gasteiger partial charge in [-0.05, 0) is 61.8 Å². The largest absolute Gasteiger partial charge is 0.481 e. The van der Waals surface area contributed by atoms with Gasteiger partial charge in [0, 0.05) is 22.3 Å². The van der Waals surface area contributed by atoms with E-state index < -0.39 is 16.0 Å². The van der Waals surface area contributed by atoms with Gasteiger partial charge in [0.2, 0.25) is 10.0 Å². The molecule has 1 aliphatic rings. The van der Waals surface area contributed by atoms with Crippen molar-refractivity contribution in [2.24, 2.45) is 5.92 Å². The Labute approximate surface area is 176 Å². The molecule has 0 aliphatic heterocycles. The molecule has 154 valence electrons. The molecule has 2 atom stereocenters. The average molecular weight is 470 g/mol. The third-order valence-corrected chi connectivity index (χ3v) is 6.56. The monoisotopic (exact) mass is 469 g/mol. The number of carboxylic acid groups (broad SMARTS) is 1. The molecule has 5 nitrogen and oxygen atoms in total. The Balaban J connectivity index is 1.88. The molecule has 0 radical (unpaired) electrons. The van der Waals surface area contributed by atoms with Crippen molar-refractivity contribution in [3.63, 3.8) is 0 Å². The highest BCUT2D eigenvalue weighted by Crippen LogP contribution is 2.28. The second-order valence-electron chi connectivity index (χ2n) is 7.16. The van der Waals surface area contributed by atoms with Gasteiger partial charge in [0.25, 0.3) is 0 Å². The first-order chi connectivity index (χ1) is 13.4. The second-order valence-corrected chi connectivity index (χ2v) is 9.67. The zero-order chi connectivity index (χ0) is 20.4. The highest BCUT2D eigenvalue weighted by Gasteiger charge is 2.27. The summed E-state index contributed by atoms with van der Waals surface area (Å²) < 4.78 is 28.8. The van der Waals surface area contributed by atoms with Crippen LogP contribution in [-0.2, 0) is 14.8 Å². The molecule has 1 aromatic carbocycles. The molecule has 7 heteroatoms. The molecule has 0 spiro atoms. The van der Waals surface area contributed by atoms with Crippen LogP contribution in [-0.4, -0.2) is 25.5 Å². The summed E-state index contributed by atoms with van der Waals surface area (Å²) in [6.07, 6.45) is 12.1. The third kappa shape index (κ3) is 8.71. The highest BCUT2D eigenvalue weighted by molar-refractivity contribution is 9.10. The van der Waals surface area contributed by atoms with Crippen molar-refractivity contribution in [2.45, 2.75) is 57.4 Å². The lowest BCUT2D eigenvalue weighted by Crippen LogP contribution is -2.41. The van der Waals surface area contributed by atoms with Gasteiger partial charge in [-0.2, -0.15) is 0 Å². The van der Waals surface area contributed by atoms with Gasteiger partial charge in [-0.15, -0.1) is 0 Å². The summed E-state index contributed by atoms with van der Waals surface area (Å²) in [5.74, 6) is -0.494. The minimum atomic E-state index is -3.50. The van der Waals surface area contributed by atoms with Crippen LogP contribution in [0.4, 0.5) is 0 Å². The minimum absolute atomic E-state index is 0.0583. The van der Waals surface area contributed by atoms with Gasteiger partial charge < -0.3 is 5.11 Å². The van der Waals surface area contributed by atoms with Crippen molar-refractivity contribution < 1.29 is 18.3 Å². The van der Waals surface area contributed by atoms with Crippen LogP contribution in [0.3, 0.4) is 0 Å². The highest BCUT2D eigenvalue weighted by atomic mass is 79.9. The Morgan fingerprint density at radius 1 is 1.18 bits per heavy atom. The Bertz CT molecular complexity index is 787. The number of halogens is 1. The molecular formula is C21H28BrNO4S. The first kappa shape index (κ1) is 22.8. The number of hydrogen-bond donors (Lipinski definition) is 2. The Hall–Kier alpha value is -1.44. The van der Waals surface area contributed by atoms with Gasteiger partial charge in [-0.3, -0.25) is 4.79 Å². The number of carbonyl (C=O) groups is 1. The molecule has 0 aromatic heterocycles. The number of benzene rings is 1. The van der Waals surface area contributed by atoms with Gasteiger partial charge in [0.15, 0.2) is 0 Å². The van der Waals surface area contributed by atoms with Gasteiger partial charge in [-0.25, -0.2) is 13.1 Å². The van der Waals surface area contributed by atoms with Crippen molar-refractivity contribution in [3.05, 3.63) is 51.9 Å². The molecule has 28 heavy (non-hydrogen) atoms. The number of carboxylic acids is 1. The number of hydrogen-bond acceptors (Lipinski definition) is 3. The summed E-state index contributed by atoms with van der Waals surface area (Å²) in [5, 5.41) is 9.89. The molecule has 0 bridgehead atoms. The Morgan fingerprint density at radius 2 is 1.89 bits per heavy atom. The van der Waals surface area contributed by atoms with Gasteiger partial charge in [0.1, 0.15) is 0 Å². The van der Waals surface area contributed by atoms with Crippen LogP contribution in [0.25, 0.3) is 6.08 Å². The third-order valence-electron chi connectivity index (χ3n) is 4.90. The maximum atomic E-state index is 12.5. The first-order valence-electron chi connectivity index (χ1n) is 9.68. The van der Waals surface area contributed by atoms with Crippen LogP contribution in [0.5, 0.6) is 0 Å². The van der Waals surface area contributed by atoms with E-state index in [2.05, 4.69) is 26.7 Å². The molecule has 2 N–H and O–H groups in total. The molecular weight excluding hydrogens is 442 g/mol. The molecule has 0 saturated heterocycles. The first-order valence-corrected chi connectivity index (χ1v) is 12.0. The fourth-order valence-electron chi connectivity index (χ4n) is 3.40. The van der Waals surface area contributed by atoms with E-state index in [1.54, 1.807) is 6.08 Å². The summed E-state index contributed by atoms with van der Waals surface area (Å²) in [6, 6.07) is 7.40. The number of allylic oxidation sites excluding steroid dienone is 2. The SMILES string of the molecule is O=C(O)CCC/C=C/CC1CCCCC1NS(=O)(=O)/C=C/c1ccc(Br)cc1. The summed E-state index contributed by atoms with van der Waals surface area (Å²) in [7, 11) is -3.50. The minimum Gasteiger partial charge on any atom is -0.481 e. The van der Waals surface area contributed by atoms with Crippen LogP contribution in [0, 0.1) is 5.92 Å². The number of rotatable bonds is 10. The van der Waals surface area contributed by atoms with E-state index in [-0.39, 0.29) is 18.4 Å². The fraction of sp³-hybridized carbons (Fsp3) is 0.476. The van der Waals surface area contributed by atoms with Crippen LogP contribution in [0.2, 0.25) is 0 Å². The predicted molar refractivity (Wildman–Crippen MR) is 116 cm³/mol. The number of sulfonamides is 1. The van der Waals surface area contributed by atoms with Crippen LogP contribution >= 0.6 is 15.9 Å².